The Morgan fingerprint density at radius 1 is 1.27 bits per heavy atom. The van der Waals surface area contributed by atoms with Crippen LogP contribution in [0.5, 0.6) is 0 Å². The largest absolute Gasteiger partial charge is 0.351 e. The lowest BCUT2D eigenvalue weighted by molar-refractivity contribution is -0.124. The molecule has 2 N–H and O–H groups in total. The van der Waals surface area contributed by atoms with Gasteiger partial charge in [0.15, 0.2) is 14.6 Å². The van der Waals surface area contributed by atoms with Crippen LogP contribution >= 0.6 is 11.8 Å². The third kappa shape index (κ3) is 3.64. The summed E-state index contributed by atoms with van der Waals surface area (Å²) < 4.78 is 23.0. The van der Waals surface area contributed by atoms with Crippen molar-refractivity contribution in [3.63, 3.8) is 0 Å². The molecule has 1 fully saturated rings. The Morgan fingerprint density at radius 2 is 1.86 bits per heavy atom. The summed E-state index contributed by atoms with van der Waals surface area (Å²) in [4.78, 5) is 13.7. The van der Waals surface area contributed by atoms with Crippen LogP contribution < -0.4 is 10.6 Å². The fourth-order valence-electron chi connectivity index (χ4n) is 2.68. The molecule has 2 rings (SSSR count). The van der Waals surface area contributed by atoms with Gasteiger partial charge in [-0.25, -0.2) is 8.42 Å². The number of thioether (sulfide) groups is 1. The van der Waals surface area contributed by atoms with E-state index in [1.54, 1.807) is 11.8 Å². The molecule has 1 aromatic carbocycles. The predicted octanol–water partition coefficient (Wildman–Crippen LogP) is 1.19. The first-order chi connectivity index (χ1) is 10.4. The van der Waals surface area contributed by atoms with Crippen LogP contribution in [0.15, 0.2) is 29.2 Å². The van der Waals surface area contributed by atoms with Gasteiger partial charge in [-0.1, -0.05) is 12.1 Å². The van der Waals surface area contributed by atoms with Crippen molar-refractivity contribution < 1.29 is 13.2 Å². The summed E-state index contributed by atoms with van der Waals surface area (Å²) in [6, 6.07) is 7.87. The van der Waals surface area contributed by atoms with Gasteiger partial charge >= 0.3 is 0 Å². The fourth-order valence-corrected chi connectivity index (χ4v) is 4.45. The van der Waals surface area contributed by atoms with Crippen molar-refractivity contribution in [2.45, 2.75) is 29.0 Å². The van der Waals surface area contributed by atoms with Crippen molar-refractivity contribution in [2.24, 2.45) is 0 Å². The van der Waals surface area contributed by atoms with Gasteiger partial charge in [0.05, 0.1) is 0 Å². The van der Waals surface area contributed by atoms with Crippen molar-refractivity contribution in [3.8, 4) is 0 Å². The molecular weight excluding hydrogens is 320 g/mol. The molecule has 0 atom stereocenters. The third-order valence-corrected chi connectivity index (χ3v) is 6.90. The minimum absolute atomic E-state index is 0.322. The first-order valence-electron chi connectivity index (χ1n) is 7.20. The number of amides is 1. The second-order valence-corrected chi connectivity index (χ2v) is 8.75. The van der Waals surface area contributed by atoms with Crippen LogP contribution in [0, 0.1) is 0 Å². The Hall–Kier alpha value is -1.05. The number of hydrogen-bond acceptors (Lipinski definition) is 5. The molecule has 0 saturated carbocycles. The Kier molecular flexibility index (Phi) is 5.52. The van der Waals surface area contributed by atoms with Crippen LogP contribution in [0.1, 0.15) is 18.4 Å². The van der Waals surface area contributed by atoms with E-state index in [0.717, 1.165) is 16.7 Å². The molecule has 122 valence electrons. The zero-order valence-electron chi connectivity index (χ0n) is 12.9. The maximum absolute atomic E-state index is 12.5. The van der Waals surface area contributed by atoms with Crippen LogP contribution in [-0.4, -0.2) is 44.7 Å². The van der Waals surface area contributed by atoms with E-state index < -0.39 is 14.6 Å². The van der Waals surface area contributed by atoms with Crippen molar-refractivity contribution in [1.29, 1.82) is 0 Å². The maximum Gasteiger partial charge on any atom is 0.241 e. The average molecular weight is 342 g/mol. The van der Waals surface area contributed by atoms with Gasteiger partial charge in [-0.15, -0.1) is 11.8 Å². The highest BCUT2D eigenvalue weighted by Gasteiger charge is 2.48. The third-order valence-electron chi connectivity index (χ3n) is 4.15. The molecule has 1 heterocycles. The number of benzene rings is 1. The van der Waals surface area contributed by atoms with Gasteiger partial charge in [0, 0.05) is 17.7 Å². The van der Waals surface area contributed by atoms with E-state index in [1.165, 1.54) is 0 Å². The van der Waals surface area contributed by atoms with Gasteiger partial charge in [0.2, 0.25) is 5.91 Å². The number of rotatable bonds is 5. The van der Waals surface area contributed by atoms with E-state index in [9.17, 15) is 13.2 Å². The minimum atomic E-state index is -3.46. The molecule has 0 radical (unpaired) electrons. The van der Waals surface area contributed by atoms with Gasteiger partial charge in [-0.2, -0.15) is 0 Å². The zero-order chi connectivity index (χ0) is 16.2. The number of nitrogens with one attached hydrogen (secondary N) is 2. The molecule has 1 aliphatic rings. The van der Waals surface area contributed by atoms with Crippen molar-refractivity contribution >= 4 is 27.5 Å². The first kappa shape index (κ1) is 17.3. The normalized spacial score (nSPS) is 17.9. The number of sulfone groups is 1. The van der Waals surface area contributed by atoms with E-state index in [4.69, 9.17) is 0 Å². The topological polar surface area (TPSA) is 75.3 Å². The standard InChI is InChI=1S/C15H22N2O3S2/c1-21-13-5-3-12(4-6-13)11-17-14(18)15(22(2,19)20)7-9-16-10-8-15/h3-6,16H,7-11H2,1-2H3,(H,17,18). The molecule has 22 heavy (non-hydrogen) atoms. The Bertz CT molecular complexity index is 621. The van der Waals surface area contributed by atoms with Gasteiger partial charge in [-0.3, -0.25) is 4.79 Å². The summed E-state index contributed by atoms with van der Waals surface area (Å²) in [6.07, 6.45) is 3.81. The number of carbonyl (C=O) groups excluding carboxylic acids is 1. The van der Waals surface area contributed by atoms with Crippen LogP contribution in [0.2, 0.25) is 0 Å². The average Bonchev–Trinajstić information content (AvgIpc) is 2.52. The molecule has 1 aliphatic heterocycles. The number of piperidine rings is 1. The van der Waals surface area contributed by atoms with E-state index in [1.807, 2.05) is 30.5 Å². The highest BCUT2D eigenvalue weighted by Crippen LogP contribution is 2.28. The smallest absolute Gasteiger partial charge is 0.241 e. The Labute approximate surface area is 136 Å². The van der Waals surface area contributed by atoms with Crippen LogP contribution in [0.25, 0.3) is 0 Å². The summed E-state index contributed by atoms with van der Waals surface area (Å²) >= 11 is 1.65. The van der Waals surface area contributed by atoms with Gasteiger partial charge in [0.1, 0.15) is 0 Å². The highest BCUT2D eigenvalue weighted by molar-refractivity contribution is 7.98. The van der Waals surface area contributed by atoms with Crippen LogP contribution in [-0.2, 0) is 21.2 Å². The quantitative estimate of drug-likeness (QED) is 0.786. The van der Waals surface area contributed by atoms with Gasteiger partial charge < -0.3 is 10.6 Å². The molecule has 0 aliphatic carbocycles. The molecule has 1 amide bonds. The Balaban J connectivity index is 2.08. The summed E-state index contributed by atoms with van der Waals surface area (Å²) in [5.74, 6) is -0.384. The second kappa shape index (κ2) is 7.02. The summed E-state index contributed by atoms with van der Waals surface area (Å²) in [5, 5.41) is 5.91. The summed E-state index contributed by atoms with van der Waals surface area (Å²) in [6.45, 7) is 1.43. The van der Waals surface area contributed by atoms with Crippen molar-refractivity contribution in [3.05, 3.63) is 29.8 Å². The molecule has 7 heteroatoms. The van der Waals surface area contributed by atoms with Crippen molar-refractivity contribution in [1.82, 2.24) is 10.6 Å². The predicted molar refractivity (Wildman–Crippen MR) is 89.7 cm³/mol. The summed E-state index contributed by atoms with van der Waals surface area (Å²) in [7, 11) is -3.46. The number of hydrogen-bond donors (Lipinski definition) is 2. The van der Waals surface area contributed by atoms with Gasteiger partial charge in [0.25, 0.3) is 0 Å². The van der Waals surface area contributed by atoms with Gasteiger partial charge in [-0.05, 0) is 49.9 Å². The van der Waals surface area contributed by atoms with Crippen LogP contribution in [0.4, 0.5) is 0 Å². The first-order valence-corrected chi connectivity index (χ1v) is 10.3. The monoisotopic (exact) mass is 342 g/mol. The lowest BCUT2D eigenvalue weighted by Crippen LogP contribution is -2.57. The van der Waals surface area contributed by atoms with E-state index in [0.29, 0.717) is 32.5 Å². The van der Waals surface area contributed by atoms with E-state index >= 15 is 0 Å². The molecular formula is C15H22N2O3S2. The SMILES string of the molecule is CSc1ccc(CNC(=O)C2(S(C)(=O)=O)CCNCC2)cc1. The summed E-state index contributed by atoms with van der Waals surface area (Å²) in [5.41, 5.74) is 0.962. The molecule has 0 unspecified atom stereocenters. The lowest BCUT2D eigenvalue weighted by Gasteiger charge is -2.34. The molecule has 5 nitrogen and oxygen atoms in total. The van der Waals surface area contributed by atoms with E-state index in [-0.39, 0.29) is 5.91 Å². The molecule has 1 aromatic rings. The molecule has 0 spiro atoms. The minimum Gasteiger partial charge on any atom is -0.351 e. The zero-order valence-corrected chi connectivity index (χ0v) is 14.5. The maximum atomic E-state index is 12.5. The van der Waals surface area contributed by atoms with E-state index in [2.05, 4.69) is 10.6 Å². The van der Waals surface area contributed by atoms with Crippen molar-refractivity contribution in [2.75, 3.05) is 25.6 Å². The fraction of sp³-hybridized carbons (Fsp3) is 0.533. The Morgan fingerprint density at radius 3 is 2.36 bits per heavy atom. The number of carbonyl (C=O) groups is 1. The highest BCUT2D eigenvalue weighted by atomic mass is 32.2. The second-order valence-electron chi connectivity index (χ2n) is 5.55. The molecule has 0 aromatic heterocycles. The molecule has 1 saturated heterocycles. The van der Waals surface area contributed by atoms with Crippen LogP contribution in [0.3, 0.4) is 0 Å². The lowest BCUT2D eigenvalue weighted by atomic mass is 9.95. The molecule has 0 bridgehead atoms.